The lowest BCUT2D eigenvalue weighted by Crippen LogP contribution is -2.48. The predicted octanol–water partition coefficient (Wildman–Crippen LogP) is 2.21. The summed E-state index contributed by atoms with van der Waals surface area (Å²) in [4.78, 5) is 23.8. The van der Waals surface area contributed by atoms with E-state index < -0.39 is 0 Å². The molecule has 2 fully saturated rings. The number of nitrogens with one attached hydrogen (secondary N) is 2. The maximum absolute atomic E-state index is 12.4. The molecule has 0 unspecified atom stereocenters. The molecule has 2 bridgehead atoms. The van der Waals surface area contributed by atoms with E-state index in [9.17, 15) is 9.59 Å². The van der Waals surface area contributed by atoms with Crippen molar-refractivity contribution in [2.75, 3.05) is 7.11 Å². The van der Waals surface area contributed by atoms with Crippen LogP contribution >= 0.6 is 12.4 Å². The van der Waals surface area contributed by atoms with Gasteiger partial charge in [-0.2, -0.15) is 0 Å². The zero-order chi connectivity index (χ0) is 15.7. The quantitative estimate of drug-likeness (QED) is 0.826. The molecule has 2 N–H and O–H groups in total. The standard InChI is InChI=1S/C17H22N2O3.ClH/c1-10(11-3-5-12(6-4-11)17(21)22-2)18-16(20)15-13-7-8-14(9-13)19-15;/h3-6,10,13-15,19H,7-9H2,1-2H3,(H,18,20);1H/t10-,13+,14-,15+;/m0./s1. The number of esters is 1. The average molecular weight is 339 g/mol. The number of piperidine rings is 1. The van der Waals surface area contributed by atoms with E-state index in [-0.39, 0.29) is 36.4 Å². The Labute approximate surface area is 142 Å². The normalized spacial score (nSPS) is 26.3. The van der Waals surface area contributed by atoms with Crippen LogP contribution in [0, 0.1) is 5.92 Å². The maximum atomic E-state index is 12.4. The van der Waals surface area contributed by atoms with Gasteiger partial charge in [0.2, 0.25) is 5.91 Å². The third-order valence-electron chi connectivity index (χ3n) is 4.83. The third-order valence-corrected chi connectivity index (χ3v) is 4.83. The van der Waals surface area contributed by atoms with Crippen LogP contribution in [-0.4, -0.2) is 31.1 Å². The summed E-state index contributed by atoms with van der Waals surface area (Å²) >= 11 is 0. The van der Waals surface area contributed by atoms with Crippen molar-refractivity contribution in [2.45, 2.75) is 44.3 Å². The third kappa shape index (κ3) is 3.67. The van der Waals surface area contributed by atoms with Crippen molar-refractivity contribution in [3.63, 3.8) is 0 Å². The van der Waals surface area contributed by atoms with Crippen LogP contribution < -0.4 is 10.6 Å². The number of halogens is 1. The fourth-order valence-electron chi connectivity index (χ4n) is 3.56. The summed E-state index contributed by atoms with van der Waals surface area (Å²) in [5.74, 6) is 0.213. The second kappa shape index (κ2) is 7.32. The zero-order valence-corrected chi connectivity index (χ0v) is 14.2. The Morgan fingerprint density at radius 2 is 1.96 bits per heavy atom. The topological polar surface area (TPSA) is 67.4 Å². The van der Waals surface area contributed by atoms with Crippen molar-refractivity contribution in [1.82, 2.24) is 10.6 Å². The van der Waals surface area contributed by atoms with Gasteiger partial charge in [-0.1, -0.05) is 12.1 Å². The Hall–Kier alpha value is -1.59. The molecule has 1 saturated heterocycles. The van der Waals surface area contributed by atoms with E-state index in [0.717, 1.165) is 18.4 Å². The molecule has 1 saturated carbocycles. The number of methoxy groups -OCH3 is 1. The number of hydrogen-bond donors (Lipinski definition) is 2. The highest BCUT2D eigenvalue weighted by Crippen LogP contribution is 2.35. The Bertz CT molecular complexity index is 576. The smallest absolute Gasteiger partial charge is 0.337 e. The van der Waals surface area contributed by atoms with Crippen LogP contribution in [0.1, 0.15) is 48.1 Å². The number of ether oxygens (including phenoxy) is 1. The van der Waals surface area contributed by atoms with Gasteiger partial charge in [-0.15, -0.1) is 12.4 Å². The first-order chi connectivity index (χ1) is 10.6. The van der Waals surface area contributed by atoms with Crippen LogP contribution in [0.2, 0.25) is 0 Å². The number of carbonyl (C=O) groups is 2. The average Bonchev–Trinajstić information content (AvgIpc) is 3.17. The summed E-state index contributed by atoms with van der Waals surface area (Å²) in [7, 11) is 1.36. The van der Waals surface area contributed by atoms with E-state index in [4.69, 9.17) is 0 Å². The predicted molar refractivity (Wildman–Crippen MR) is 89.6 cm³/mol. The molecule has 4 atom stereocenters. The van der Waals surface area contributed by atoms with E-state index in [1.165, 1.54) is 13.5 Å². The highest BCUT2D eigenvalue weighted by atomic mass is 35.5. The first-order valence-electron chi connectivity index (χ1n) is 7.83. The summed E-state index contributed by atoms with van der Waals surface area (Å²) < 4.78 is 4.68. The van der Waals surface area contributed by atoms with Gasteiger partial charge in [0, 0.05) is 6.04 Å². The van der Waals surface area contributed by atoms with Gasteiger partial charge < -0.3 is 15.4 Å². The Morgan fingerprint density at radius 1 is 1.26 bits per heavy atom. The second-order valence-corrected chi connectivity index (χ2v) is 6.26. The van der Waals surface area contributed by atoms with Gasteiger partial charge in [0.25, 0.3) is 0 Å². The molecule has 0 radical (unpaired) electrons. The molecule has 23 heavy (non-hydrogen) atoms. The largest absolute Gasteiger partial charge is 0.465 e. The van der Waals surface area contributed by atoms with Crippen molar-refractivity contribution in [3.8, 4) is 0 Å². The fourth-order valence-corrected chi connectivity index (χ4v) is 3.56. The number of benzene rings is 1. The number of rotatable bonds is 4. The summed E-state index contributed by atoms with van der Waals surface area (Å²) in [6.07, 6.45) is 3.47. The Morgan fingerprint density at radius 3 is 2.48 bits per heavy atom. The van der Waals surface area contributed by atoms with Crippen LogP contribution in [0.25, 0.3) is 0 Å². The summed E-state index contributed by atoms with van der Waals surface area (Å²) in [6.45, 7) is 1.96. The molecule has 3 rings (SSSR count). The van der Waals surface area contributed by atoms with Crippen LogP contribution in [0.3, 0.4) is 0 Å². The number of carbonyl (C=O) groups excluding carboxylic acids is 2. The first kappa shape index (κ1) is 17.8. The van der Waals surface area contributed by atoms with Crippen molar-refractivity contribution in [1.29, 1.82) is 0 Å². The molecule has 0 aromatic heterocycles. The lowest BCUT2D eigenvalue weighted by molar-refractivity contribution is -0.124. The monoisotopic (exact) mass is 338 g/mol. The van der Waals surface area contributed by atoms with Gasteiger partial charge in [-0.3, -0.25) is 4.79 Å². The minimum Gasteiger partial charge on any atom is -0.465 e. The van der Waals surface area contributed by atoms with Crippen molar-refractivity contribution in [2.24, 2.45) is 5.92 Å². The summed E-state index contributed by atoms with van der Waals surface area (Å²) in [5, 5.41) is 6.47. The second-order valence-electron chi connectivity index (χ2n) is 6.26. The maximum Gasteiger partial charge on any atom is 0.337 e. The van der Waals surface area contributed by atoms with E-state index in [2.05, 4.69) is 15.4 Å². The summed E-state index contributed by atoms with van der Waals surface area (Å²) in [5.41, 5.74) is 1.49. The van der Waals surface area contributed by atoms with Gasteiger partial charge in [-0.25, -0.2) is 4.79 Å². The number of fused-ring (bicyclic) bond motifs is 2. The Balaban J connectivity index is 0.00000192. The van der Waals surface area contributed by atoms with Crippen LogP contribution in [-0.2, 0) is 9.53 Å². The molecule has 2 aliphatic rings. The first-order valence-corrected chi connectivity index (χ1v) is 7.83. The van der Waals surface area contributed by atoms with Gasteiger partial charge in [0.05, 0.1) is 24.8 Å². The minimum atomic E-state index is -0.352. The Kier molecular flexibility index (Phi) is 5.65. The molecular weight excluding hydrogens is 316 g/mol. The molecule has 1 aliphatic heterocycles. The lowest BCUT2D eigenvalue weighted by Gasteiger charge is -2.24. The fraction of sp³-hybridized carbons (Fsp3) is 0.529. The molecule has 1 aliphatic carbocycles. The molecule has 1 aromatic carbocycles. The van der Waals surface area contributed by atoms with E-state index in [1.54, 1.807) is 12.1 Å². The van der Waals surface area contributed by atoms with Crippen molar-refractivity contribution >= 4 is 24.3 Å². The van der Waals surface area contributed by atoms with Gasteiger partial charge in [0.1, 0.15) is 0 Å². The molecule has 1 amide bonds. The van der Waals surface area contributed by atoms with Crippen LogP contribution in [0.15, 0.2) is 24.3 Å². The van der Waals surface area contributed by atoms with Crippen molar-refractivity contribution < 1.29 is 14.3 Å². The van der Waals surface area contributed by atoms with Gasteiger partial charge in [0.15, 0.2) is 0 Å². The molecule has 1 heterocycles. The SMILES string of the molecule is COC(=O)c1ccc([C@H](C)NC(=O)[C@@H]2N[C@H]3CC[C@@H]2C3)cc1.Cl. The molecule has 1 aromatic rings. The molecular formula is C17H23ClN2O3. The van der Waals surface area contributed by atoms with Gasteiger partial charge >= 0.3 is 5.97 Å². The van der Waals surface area contributed by atoms with Crippen LogP contribution in [0.5, 0.6) is 0 Å². The zero-order valence-electron chi connectivity index (χ0n) is 13.4. The minimum absolute atomic E-state index is 0. The highest BCUT2D eigenvalue weighted by molar-refractivity contribution is 5.89. The molecule has 126 valence electrons. The van der Waals surface area contributed by atoms with E-state index >= 15 is 0 Å². The number of amides is 1. The highest BCUT2D eigenvalue weighted by Gasteiger charge is 2.42. The lowest BCUT2D eigenvalue weighted by atomic mass is 9.98. The van der Waals surface area contributed by atoms with E-state index in [1.807, 2.05) is 19.1 Å². The number of hydrogen-bond acceptors (Lipinski definition) is 4. The van der Waals surface area contributed by atoms with Gasteiger partial charge in [-0.05, 0) is 49.8 Å². The van der Waals surface area contributed by atoms with E-state index in [0.29, 0.717) is 17.5 Å². The molecule has 0 spiro atoms. The summed E-state index contributed by atoms with van der Waals surface area (Å²) in [6, 6.07) is 7.54. The molecule has 5 nitrogen and oxygen atoms in total. The van der Waals surface area contributed by atoms with Crippen molar-refractivity contribution in [3.05, 3.63) is 35.4 Å². The molecule has 6 heteroatoms. The van der Waals surface area contributed by atoms with Crippen LogP contribution in [0.4, 0.5) is 0 Å².